The van der Waals surface area contributed by atoms with E-state index < -0.39 is 0 Å². The van der Waals surface area contributed by atoms with Crippen LogP contribution >= 0.6 is 11.3 Å². The molecule has 0 saturated carbocycles. The summed E-state index contributed by atoms with van der Waals surface area (Å²) in [5.41, 5.74) is 7.87. The van der Waals surface area contributed by atoms with Crippen LogP contribution in [0.5, 0.6) is 0 Å². The number of nitrogens with zero attached hydrogens (tertiary/aromatic N) is 1. The Bertz CT molecular complexity index is 1270. The highest BCUT2D eigenvalue weighted by Crippen LogP contribution is 2.44. The van der Waals surface area contributed by atoms with Crippen LogP contribution in [-0.4, -0.2) is 17.6 Å². The summed E-state index contributed by atoms with van der Waals surface area (Å²) >= 11 is 1.74. The zero-order chi connectivity index (χ0) is 23.0. The molecule has 0 unspecified atom stereocenters. The number of ether oxygens (including phenoxy) is 1. The Morgan fingerprint density at radius 3 is 2.56 bits per heavy atom. The third-order valence-electron chi connectivity index (χ3n) is 6.12. The lowest BCUT2D eigenvalue weighted by atomic mass is 9.73. The average molecular weight is 442 g/mol. The fraction of sp³-hybridized carbons (Fsp3) is 0.286. The van der Waals surface area contributed by atoms with E-state index in [9.17, 15) is 4.79 Å². The van der Waals surface area contributed by atoms with Crippen molar-refractivity contribution < 1.29 is 9.53 Å². The van der Waals surface area contributed by atoms with Crippen molar-refractivity contribution in [1.82, 2.24) is 4.98 Å². The number of aryl methyl sites for hydroxylation is 2. The maximum atomic E-state index is 12.2. The first kappa shape index (κ1) is 22.0. The first-order chi connectivity index (χ1) is 15.2. The Hall–Kier alpha value is -3.16. The van der Waals surface area contributed by atoms with Crippen LogP contribution in [0.3, 0.4) is 0 Å². The van der Waals surface area contributed by atoms with Crippen LogP contribution in [0.4, 0.5) is 0 Å². The van der Waals surface area contributed by atoms with Gasteiger partial charge in [-0.3, -0.25) is 0 Å². The molecule has 1 heterocycles. The smallest absolute Gasteiger partial charge is 0.339 e. The van der Waals surface area contributed by atoms with Crippen molar-refractivity contribution in [3.63, 3.8) is 0 Å². The number of allylic oxidation sites excluding steroid dienone is 1. The molecule has 1 aliphatic rings. The van der Waals surface area contributed by atoms with Crippen molar-refractivity contribution in [2.24, 2.45) is 0 Å². The number of carbonyl (C=O) groups is 1. The molecule has 0 saturated heterocycles. The van der Waals surface area contributed by atoms with Gasteiger partial charge in [0.2, 0.25) is 0 Å². The van der Waals surface area contributed by atoms with Gasteiger partial charge in [0.05, 0.1) is 17.9 Å². The van der Waals surface area contributed by atoms with Gasteiger partial charge in [-0.05, 0) is 73.1 Å². The van der Waals surface area contributed by atoms with E-state index in [1.54, 1.807) is 24.3 Å². The van der Waals surface area contributed by atoms with Crippen LogP contribution in [-0.2, 0) is 10.2 Å². The number of carbonyl (C=O) groups excluding carboxylic acids is 1. The highest BCUT2D eigenvalue weighted by atomic mass is 32.1. The van der Waals surface area contributed by atoms with Gasteiger partial charge < -0.3 is 4.74 Å². The van der Waals surface area contributed by atoms with Gasteiger partial charge in [0, 0.05) is 16.0 Å². The lowest BCUT2D eigenvalue weighted by Gasteiger charge is -2.32. The largest absolute Gasteiger partial charge is 0.462 e. The Morgan fingerprint density at radius 1 is 1.19 bits per heavy atom. The Morgan fingerprint density at radius 2 is 1.91 bits per heavy atom. The summed E-state index contributed by atoms with van der Waals surface area (Å²) < 4.78 is 5.14. The van der Waals surface area contributed by atoms with Crippen LogP contribution < -0.4 is 0 Å². The number of hydrogen-bond acceptors (Lipinski definition) is 4. The van der Waals surface area contributed by atoms with Gasteiger partial charge in [-0.2, -0.15) is 0 Å². The van der Waals surface area contributed by atoms with Crippen molar-refractivity contribution in [1.29, 1.82) is 0 Å². The lowest BCUT2D eigenvalue weighted by Crippen LogP contribution is -2.21. The third-order valence-corrected chi connectivity index (χ3v) is 7.22. The summed E-state index contributed by atoms with van der Waals surface area (Å²) in [5, 5.41) is 1.07. The minimum absolute atomic E-state index is 0.0520. The fourth-order valence-electron chi connectivity index (χ4n) is 4.13. The molecule has 2 aromatic carbocycles. The second kappa shape index (κ2) is 8.41. The topological polar surface area (TPSA) is 39.2 Å². The van der Waals surface area contributed by atoms with E-state index in [1.165, 1.54) is 21.6 Å². The number of thiazole rings is 1. The van der Waals surface area contributed by atoms with E-state index in [0.717, 1.165) is 28.2 Å². The molecule has 0 atom stereocenters. The van der Waals surface area contributed by atoms with Crippen molar-refractivity contribution in [3.8, 4) is 23.5 Å². The van der Waals surface area contributed by atoms with Crippen molar-refractivity contribution >= 4 is 22.9 Å². The van der Waals surface area contributed by atoms with E-state index >= 15 is 0 Å². The van der Waals surface area contributed by atoms with Crippen molar-refractivity contribution in [2.75, 3.05) is 6.61 Å². The molecule has 3 aromatic rings. The summed E-state index contributed by atoms with van der Waals surface area (Å²) in [4.78, 5) is 18.3. The first-order valence-electron chi connectivity index (χ1n) is 10.8. The Balaban J connectivity index is 1.82. The molecule has 1 aromatic heterocycles. The maximum Gasteiger partial charge on any atom is 0.339 e. The normalized spacial score (nSPS) is 14.3. The van der Waals surface area contributed by atoms with Crippen LogP contribution in [0.1, 0.15) is 69.8 Å². The van der Waals surface area contributed by atoms with E-state index in [-0.39, 0.29) is 11.4 Å². The molecule has 0 bridgehead atoms. The van der Waals surface area contributed by atoms with Gasteiger partial charge in [0.25, 0.3) is 0 Å². The van der Waals surface area contributed by atoms with Gasteiger partial charge >= 0.3 is 5.97 Å². The quantitative estimate of drug-likeness (QED) is 0.334. The number of aromatic nitrogens is 1. The molecule has 0 N–H and O–H groups in total. The summed E-state index contributed by atoms with van der Waals surface area (Å²) in [6.45, 7) is 10.8. The maximum absolute atomic E-state index is 12.2. The van der Waals surface area contributed by atoms with Gasteiger partial charge in [0.1, 0.15) is 5.01 Å². The van der Waals surface area contributed by atoms with Crippen molar-refractivity contribution in [3.05, 3.63) is 80.3 Å². The number of fused-ring (bicyclic) bond motifs is 1. The standard InChI is InChI=1S/C28H27NO2S/c1-7-19-15-20(9-11-22(19)27(30)31-8-2)21-10-12-25-24(16-21)23(13-14-28(25,5)6)26-29-17(3)18(4)32-26/h1,9-13,15-16H,8,14H2,2-6H3. The molecule has 3 nitrogen and oxygen atoms in total. The van der Waals surface area contributed by atoms with Crippen LogP contribution in [0.15, 0.2) is 42.5 Å². The SMILES string of the molecule is C#Cc1cc(-c2ccc3c(c2)C(c2nc(C)c(C)s2)=CCC3(C)C)ccc1C(=O)OCC. The predicted molar refractivity (Wildman–Crippen MR) is 132 cm³/mol. The molecule has 4 heteroatoms. The number of rotatable bonds is 4. The predicted octanol–water partition coefficient (Wildman–Crippen LogP) is 6.70. The van der Waals surface area contributed by atoms with Crippen molar-refractivity contribution in [2.45, 2.75) is 46.5 Å². The van der Waals surface area contributed by atoms with Gasteiger partial charge in [-0.1, -0.05) is 44.0 Å². The van der Waals surface area contributed by atoms with E-state index in [2.05, 4.69) is 57.9 Å². The monoisotopic (exact) mass is 441 g/mol. The van der Waals surface area contributed by atoms with Gasteiger partial charge in [0.15, 0.2) is 0 Å². The van der Waals surface area contributed by atoms with E-state index in [4.69, 9.17) is 16.1 Å². The summed E-state index contributed by atoms with van der Waals surface area (Å²) in [7, 11) is 0. The Labute approximate surface area is 194 Å². The van der Waals surface area contributed by atoms with Crippen LogP contribution in [0.2, 0.25) is 0 Å². The molecule has 0 aliphatic heterocycles. The molecule has 162 valence electrons. The second-order valence-electron chi connectivity index (χ2n) is 8.75. The molecule has 0 fully saturated rings. The average Bonchev–Trinajstić information content (AvgIpc) is 3.11. The number of esters is 1. The second-order valence-corrected chi connectivity index (χ2v) is 9.96. The van der Waals surface area contributed by atoms with Crippen LogP contribution in [0.25, 0.3) is 16.7 Å². The highest BCUT2D eigenvalue weighted by Gasteiger charge is 2.30. The summed E-state index contributed by atoms with van der Waals surface area (Å²) in [6, 6.07) is 12.2. The molecular weight excluding hydrogens is 414 g/mol. The minimum Gasteiger partial charge on any atom is -0.462 e. The first-order valence-corrected chi connectivity index (χ1v) is 11.6. The van der Waals surface area contributed by atoms with E-state index in [1.807, 2.05) is 12.1 Å². The molecular formula is C28H27NO2S. The van der Waals surface area contributed by atoms with Gasteiger partial charge in [-0.15, -0.1) is 17.8 Å². The zero-order valence-electron chi connectivity index (χ0n) is 19.2. The molecule has 1 aliphatic carbocycles. The highest BCUT2D eigenvalue weighted by molar-refractivity contribution is 7.12. The van der Waals surface area contributed by atoms with E-state index in [0.29, 0.717) is 17.7 Å². The minimum atomic E-state index is -0.390. The van der Waals surface area contributed by atoms with Crippen LogP contribution in [0, 0.1) is 26.2 Å². The number of benzene rings is 2. The Kier molecular flexibility index (Phi) is 5.79. The van der Waals surface area contributed by atoms with Gasteiger partial charge in [-0.25, -0.2) is 9.78 Å². The summed E-state index contributed by atoms with van der Waals surface area (Å²) in [5.74, 6) is 2.25. The summed E-state index contributed by atoms with van der Waals surface area (Å²) in [6.07, 6.45) is 9.01. The zero-order valence-corrected chi connectivity index (χ0v) is 20.0. The molecule has 0 amide bonds. The molecule has 4 rings (SSSR count). The number of terminal acetylenes is 1. The number of hydrogen-bond donors (Lipinski definition) is 0. The molecule has 32 heavy (non-hydrogen) atoms. The third kappa shape index (κ3) is 3.89. The molecule has 0 radical (unpaired) electrons. The molecule has 0 spiro atoms. The lowest BCUT2D eigenvalue weighted by molar-refractivity contribution is 0.0526. The fourth-order valence-corrected chi connectivity index (χ4v) is 5.10.